The summed E-state index contributed by atoms with van der Waals surface area (Å²) < 4.78 is 6.64. The summed E-state index contributed by atoms with van der Waals surface area (Å²) in [5, 5.41) is 0. The maximum absolute atomic E-state index is 6.64. The van der Waals surface area contributed by atoms with E-state index < -0.39 is 0 Å². The lowest BCUT2D eigenvalue weighted by Crippen LogP contribution is -2.33. The molecule has 0 radical (unpaired) electrons. The van der Waals surface area contributed by atoms with Crippen LogP contribution in [0.1, 0.15) is 117 Å². The summed E-state index contributed by atoms with van der Waals surface area (Å²) in [7, 11) is 0. The first-order valence-electron chi connectivity index (χ1n) is 12.8. The van der Waals surface area contributed by atoms with Gasteiger partial charge in [0.2, 0.25) is 0 Å². The molecule has 0 aliphatic heterocycles. The molecule has 1 heteroatoms. The van der Waals surface area contributed by atoms with Crippen molar-refractivity contribution in [3.8, 4) is 0 Å². The summed E-state index contributed by atoms with van der Waals surface area (Å²) in [6, 6.07) is 0. The molecule has 0 heterocycles. The quantitative estimate of drug-likeness (QED) is 0.488. The van der Waals surface area contributed by atoms with E-state index in [1.807, 2.05) is 0 Å². The van der Waals surface area contributed by atoms with Crippen molar-refractivity contribution in [2.24, 2.45) is 35.5 Å². The van der Waals surface area contributed by atoms with Gasteiger partial charge in [-0.05, 0) is 113 Å². The molecule has 4 fully saturated rings. The minimum Gasteiger partial charge on any atom is -0.375 e. The van der Waals surface area contributed by atoms with Crippen LogP contribution in [0.4, 0.5) is 0 Å². The van der Waals surface area contributed by atoms with E-state index in [9.17, 15) is 0 Å². The van der Waals surface area contributed by atoms with Crippen molar-refractivity contribution in [1.29, 1.82) is 0 Å². The van der Waals surface area contributed by atoms with Crippen molar-refractivity contribution in [1.82, 2.24) is 0 Å². The lowest BCUT2D eigenvalue weighted by molar-refractivity contribution is -0.0647. The highest BCUT2D eigenvalue weighted by atomic mass is 16.5. The van der Waals surface area contributed by atoms with Crippen LogP contribution in [0.3, 0.4) is 0 Å². The van der Waals surface area contributed by atoms with E-state index in [-0.39, 0.29) is 0 Å². The van der Waals surface area contributed by atoms with Gasteiger partial charge >= 0.3 is 0 Å². The molecule has 0 aromatic rings. The maximum Gasteiger partial charge on any atom is 0.0579 e. The number of rotatable bonds is 4. The van der Waals surface area contributed by atoms with Gasteiger partial charge in [0.05, 0.1) is 12.2 Å². The molecule has 0 saturated heterocycles. The van der Waals surface area contributed by atoms with Gasteiger partial charge in [-0.3, -0.25) is 0 Å². The molecule has 1 nitrogen and oxygen atoms in total. The predicted molar refractivity (Wildman–Crippen MR) is 115 cm³/mol. The lowest BCUT2D eigenvalue weighted by atomic mass is 9.70. The van der Waals surface area contributed by atoms with E-state index in [1.165, 1.54) is 103 Å². The van der Waals surface area contributed by atoms with Gasteiger partial charge < -0.3 is 4.74 Å². The Hall–Kier alpha value is -0.0400. The Labute approximate surface area is 169 Å². The third kappa shape index (κ3) is 5.52. The topological polar surface area (TPSA) is 9.23 Å². The number of hydrogen-bond donors (Lipinski definition) is 0. The molecule has 0 atom stereocenters. The molecule has 0 amide bonds. The zero-order valence-electron chi connectivity index (χ0n) is 18.3. The van der Waals surface area contributed by atoms with Crippen LogP contribution in [0.2, 0.25) is 0 Å². The zero-order chi connectivity index (χ0) is 18.6. The lowest BCUT2D eigenvalue weighted by Gasteiger charge is -2.40. The second-order valence-electron chi connectivity index (χ2n) is 11.2. The molecule has 156 valence electrons. The number of ether oxygens (including phenoxy) is 1. The molecule has 4 aliphatic rings. The Morgan fingerprint density at radius 2 is 0.630 bits per heavy atom. The van der Waals surface area contributed by atoms with E-state index >= 15 is 0 Å². The Bertz CT molecular complexity index is 373. The molecular weight excluding hydrogens is 328 g/mol. The normalized spacial score (nSPS) is 46.9. The average Bonchev–Trinajstić information content (AvgIpc) is 2.71. The molecule has 0 aromatic heterocycles. The predicted octanol–water partition coefficient (Wildman–Crippen LogP) is 7.77. The molecule has 27 heavy (non-hydrogen) atoms. The van der Waals surface area contributed by atoms with Crippen LogP contribution >= 0.6 is 0 Å². The summed E-state index contributed by atoms with van der Waals surface area (Å²) in [6.07, 6.45) is 24.5. The van der Waals surface area contributed by atoms with Crippen LogP contribution in [-0.2, 0) is 4.74 Å². The smallest absolute Gasteiger partial charge is 0.0579 e. The van der Waals surface area contributed by atoms with Crippen LogP contribution < -0.4 is 0 Å². The molecule has 0 bridgehead atoms. The second-order valence-corrected chi connectivity index (χ2v) is 11.2. The largest absolute Gasteiger partial charge is 0.375 e. The van der Waals surface area contributed by atoms with Crippen molar-refractivity contribution in [3.63, 3.8) is 0 Å². The molecule has 0 aromatic carbocycles. The molecule has 0 unspecified atom stereocenters. The van der Waals surface area contributed by atoms with Crippen LogP contribution in [0.15, 0.2) is 0 Å². The fourth-order valence-corrected chi connectivity index (χ4v) is 7.18. The van der Waals surface area contributed by atoms with Crippen LogP contribution in [0.5, 0.6) is 0 Å². The van der Waals surface area contributed by atoms with E-state index in [4.69, 9.17) is 4.74 Å². The number of hydrogen-bond acceptors (Lipinski definition) is 1. The van der Waals surface area contributed by atoms with Crippen molar-refractivity contribution >= 4 is 0 Å². The SMILES string of the molecule is CC1CCC(C2CCC(OC3CCC(C4CCC(C)CC4)CC3)CC2)CC1. The van der Waals surface area contributed by atoms with Gasteiger partial charge in [-0.2, -0.15) is 0 Å². The van der Waals surface area contributed by atoms with Gasteiger partial charge in [0, 0.05) is 0 Å². The Morgan fingerprint density at radius 1 is 0.370 bits per heavy atom. The highest BCUT2D eigenvalue weighted by molar-refractivity contribution is 4.84. The summed E-state index contributed by atoms with van der Waals surface area (Å²) in [6.45, 7) is 4.90. The van der Waals surface area contributed by atoms with Crippen LogP contribution in [0.25, 0.3) is 0 Å². The average molecular weight is 375 g/mol. The summed E-state index contributed by atoms with van der Waals surface area (Å²) in [4.78, 5) is 0. The summed E-state index contributed by atoms with van der Waals surface area (Å²) in [5.41, 5.74) is 0. The Morgan fingerprint density at radius 3 is 0.926 bits per heavy atom. The Kier molecular flexibility index (Phi) is 7.23. The molecule has 0 N–H and O–H groups in total. The monoisotopic (exact) mass is 374 g/mol. The van der Waals surface area contributed by atoms with E-state index in [2.05, 4.69) is 13.8 Å². The third-order valence-electron chi connectivity index (χ3n) is 9.28. The van der Waals surface area contributed by atoms with Crippen molar-refractivity contribution in [2.45, 2.75) is 129 Å². The van der Waals surface area contributed by atoms with Gasteiger partial charge in [0.1, 0.15) is 0 Å². The zero-order valence-corrected chi connectivity index (χ0v) is 18.3. The first-order valence-corrected chi connectivity index (χ1v) is 12.8. The van der Waals surface area contributed by atoms with E-state index in [1.54, 1.807) is 0 Å². The van der Waals surface area contributed by atoms with Crippen molar-refractivity contribution in [3.05, 3.63) is 0 Å². The second kappa shape index (κ2) is 9.64. The van der Waals surface area contributed by atoms with E-state index in [0.717, 1.165) is 35.5 Å². The molecule has 4 aliphatic carbocycles. The highest BCUT2D eigenvalue weighted by Crippen LogP contribution is 2.43. The van der Waals surface area contributed by atoms with Gasteiger partial charge in [0.25, 0.3) is 0 Å². The van der Waals surface area contributed by atoms with Crippen molar-refractivity contribution < 1.29 is 4.74 Å². The van der Waals surface area contributed by atoms with Gasteiger partial charge in [-0.15, -0.1) is 0 Å². The first-order chi connectivity index (χ1) is 13.2. The van der Waals surface area contributed by atoms with Gasteiger partial charge in [-0.25, -0.2) is 0 Å². The minimum absolute atomic E-state index is 0.598. The minimum atomic E-state index is 0.598. The molecule has 4 rings (SSSR count). The summed E-state index contributed by atoms with van der Waals surface area (Å²) >= 11 is 0. The van der Waals surface area contributed by atoms with Crippen LogP contribution in [-0.4, -0.2) is 12.2 Å². The highest BCUT2D eigenvalue weighted by Gasteiger charge is 2.33. The van der Waals surface area contributed by atoms with E-state index in [0.29, 0.717) is 12.2 Å². The maximum atomic E-state index is 6.64. The van der Waals surface area contributed by atoms with Gasteiger partial charge in [-0.1, -0.05) is 39.5 Å². The van der Waals surface area contributed by atoms with Crippen molar-refractivity contribution in [2.75, 3.05) is 0 Å². The van der Waals surface area contributed by atoms with Crippen LogP contribution in [0, 0.1) is 35.5 Å². The molecular formula is C26H46O. The fraction of sp³-hybridized carbons (Fsp3) is 1.00. The standard InChI is InChI=1S/C26H46O/c1-19-3-7-21(8-4-19)23-11-15-25(16-12-23)27-26-17-13-24(14-18-26)22-9-5-20(2)6-10-22/h19-26H,3-18H2,1-2H3. The summed E-state index contributed by atoms with van der Waals surface area (Å²) in [5.74, 6) is 6.15. The third-order valence-corrected chi connectivity index (χ3v) is 9.28. The Balaban J connectivity index is 1.13. The molecule has 4 saturated carbocycles. The van der Waals surface area contributed by atoms with Gasteiger partial charge in [0.15, 0.2) is 0 Å². The first kappa shape index (κ1) is 20.2. The molecule has 0 spiro atoms. The fourth-order valence-electron chi connectivity index (χ4n) is 7.18.